The van der Waals surface area contributed by atoms with Crippen LogP contribution in [0.1, 0.15) is 12.8 Å². The van der Waals surface area contributed by atoms with Crippen LogP contribution in [0.5, 0.6) is 0 Å². The van der Waals surface area contributed by atoms with Crippen molar-refractivity contribution in [1.82, 2.24) is 19.9 Å². The first-order chi connectivity index (χ1) is 24.9. The lowest BCUT2D eigenvalue weighted by Gasteiger charge is -2.08. The van der Waals surface area contributed by atoms with Crippen LogP contribution in [0, 0.1) is 0 Å². The molecule has 2 aromatic heterocycles. The molecule has 290 valence electrons. The maximum Gasteiger partial charge on any atom is 0.296 e. The number of anilines is 4. The highest BCUT2D eigenvalue weighted by Gasteiger charge is 2.22. The van der Waals surface area contributed by atoms with Gasteiger partial charge in [-0.25, -0.2) is 19.9 Å². The summed E-state index contributed by atoms with van der Waals surface area (Å²) < 4.78 is 130. The normalized spacial score (nSPS) is 12.9. The molecule has 0 radical (unpaired) electrons. The fraction of sp³-hybridized carbons (Fsp3) is 0.167. The van der Waals surface area contributed by atoms with Gasteiger partial charge in [-0.05, 0) is 49.2 Å². The fourth-order valence-corrected chi connectivity index (χ4v) is 7.84. The second-order valence-corrected chi connectivity index (χ2v) is 18.0. The maximum absolute atomic E-state index is 11.7. The molecule has 0 bridgehead atoms. The summed E-state index contributed by atoms with van der Waals surface area (Å²) in [5.74, 6) is -0.0763. The molecular weight excluding hydrogens is 841 g/mol. The molecule has 4 aromatic rings. The Morgan fingerprint density at radius 1 is 0.500 bits per heavy atom. The smallest absolute Gasteiger partial charge is 0.296 e. The number of nitrogens with zero attached hydrogens (tertiary/aromatic N) is 8. The Labute approximate surface area is 314 Å². The number of rotatable bonds is 15. The average molecular weight is 867 g/mol. The quantitative estimate of drug-likeness (QED) is 0.0280. The van der Waals surface area contributed by atoms with Crippen molar-refractivity contribution in [2.24, 2.45) is 20.5 Å². The molecule has 0 saturated carbocycles. The molecule has 54 heavy (non-hydrogen) atoms. The molecule has 0 spiro atoms. The van der Waals surface area contributed by atoms with Crippen molar-refractivity contribution in [1.29, 1.82) is 0 Å². The lowest BCUT2D eigenvalue weighted by molar-refractivity contribution is 0.478. The van der Waals surface area contributed by atoms with E-state index in [2.05, 4.69) is 40.4 Å². The molecule has 0 saturated heterocycles. The Kier molecular flexibility index (Phi) is 12.8. The van der Waals surface area contributed by atoms with Crippen LogP contribution in [0.2, 0.25) is 0 Å². The second kappa shape index (κ2) is 16.4. The van der Waals surface area contributed by atoms with Gasteiger partial charge in [-0.3, -0.25) is 18.2 Å². The molecule has 4 rings (SSSR count). The zero-order valence-corrected chi connectivity index (χ0v) is 31.6. The van der Waals surface area contributed by atoms with Crippen molar-refractivity contribution in [3.8, 4) is 0 Å². The summed E-state index contributed by atoms with van der Waals surface area (Å²) in [5, 5.41) is 15.0. The molecule has 0 aliphatic rings. The second-order valence-electron chi connectivity index (χ2n) is 10.2. The lowest BCUT2D eigenvalue weighted by Crippen LogP contribution is -2.03. The summed E-state index contributed by atoms with van der Waals surface area (Å²) in [6.07, 6.45) is 1.22. The van der Waals surface area contributed by atoms with E-state index in [-0.39, 0.29) is 45.0 Å². The first kappa shape index (κ1) is 42.1. The highest BCUT2D eigenvalue weighted by Crippen LogP contribution is 2.35. The van der Waals surface area contributed by atoms with Crippen LogP contribution in [-0.4, -0.2) is 83.3 Å². The van der Waals surface area contributed by atoms with Crippen molar-refractivity contribution in [3.05, 3.63) is 36.4 Å². The third-order valence-electron chi connectivity index (χ3n) is 6.36. The van der Waals surface area contributed by atoms with Crippen LogP contribution < -0.4 is 22.9 Å². The molecule has 2 aromatic carbocycles. The van der Waals surface area contributed by atoms with Crippen molar-refractivity contribution in [3.63, 3.8) is 0 Å². The first-order valence-corrected chi connectivity index (χ1v) is 21.8. The van der Waals surface area contributed by atoms with E-state index in [9.17, 15) is 51.9 Å². The van der Waals surface area contributed by atoms with Gasteiger partial charge < -0.3 is 22.9 Å². The van der Waals surface area contributed by atoms with E-state index in [4.69, 9.17) is 22.9 Å². The minimum absolute atomic E-state index is 0.158. The summed E-state index contributed by atoms with van der Waals surface area (Å²) in [4.78, 5) is 13.2. The van der Waals surface area contributed by atoms with E-state index in [0.29, 0.717) is 48.6 Å². The Balaban J connectivity index is 1.36. The number of hydrogen-bond acceptors (Lipinski definition) is 22. The minimum Gasteiger partial charge on any atom is -0.382 e. The predicted molar refractivity (Wildman–Crippen MR) is 193 cm³/mol. The topological polar surface area (TPSA) is 423 Å². The Morgan fingerprint density at radius 3 is 1.09 bits per heavy atom. The molecule has 30 heteroatoms. The standard InChI is InChI=1S/C24H26N12O12S6/c25-19-17(35-33-13-9-11(51(37,38)39)3-5-15(13)53(43,44)45)20(26)30-23(29-19)49-7-1-2-8-50-24-31-21(27)18(22(28)32-24)36-34-14-10-12(52(40,41)42)4-6-16(14)54(46,47)48/h3-6,9-10H,1-2,7-8H2,(H,37,38,39)(H,40,41,42)(H,43,44,45)(H,46,47,48)(H4,25,26,29,30)(H4,27,28,31,32). The largest absolute Gasteiger partial charge is 0.382 e. The van der Waals surface area contributed by atoms with Gasteiger partial charge >= 0.3 is 0 Å². The number of unbranched alkanes of at least 4 members (excludes halogenated alkanes) is 1. The maximum atomic E-state index is 11.7. The molecule has 12 N–H and O–H groups in total. The van der Waals surface area contributed by atoms with Gasteiger partial charge in [-0.1, -0.05) is 23.5 Å². The third kappa shape index (κ3) is 11.0. The monoisotopic (exact) mass is 866 g/mol. The Hall–Kier alpha value is -4.66. The van der Waals surface area contributed by atoms with Crippen LogP contribution in [0.15, 0.2) is 86.8 Å². The highest BCUT2D eigenvalue weighted by atomic mass is 32.2. The summed E-state index contributed by atoms with van der Waals surface area (Å²) in [7, 11) is -19.3. The molecule has 0 amide bonds. The Bertz CT molecular complexity index is 2400. The summed E-state index contributed by atoms with van der Waals surface area (Å²) >= 11 is 2.36. The van der Waals surface area contributed by atoms with Gasteiger partial charge in [0.1, 0.15) is 21.2 Å². The number of azo groups is 2. The summed E-state index contributed by atoms with van der Waals surface area (Å²) in [5.41, 5.74) is 21.9. The molecule has 0 atom stereocenters. The molecule has 0 aliphatic heterocycles. The molecular formula is C24H26N12O12S6. The van der Waals surface area contributed by atoms with Crippen LogP contribution >= 0.6 is 23.5 Å². The zero-order chi connectivity index (χ0) is 40.2. The van der Waals surface area contributed by atoms with E-state index in [0.717, 1.165) is 12.1 Å². The first-order valence-electron chi connectivity index (χ1n) is 14.1. The van der Waals surface area contributed by atoms with Crippen molar-refractivity contribution < 1.29 is 51.9 Å². The lowest BCUT2D eigenvalue weighted by atomic mass is 10.3. The van der Waals surface area contributed by atoms with E-state index in [1.807, 2.05) is 0 Å². The van der Waals surface area contributed by atoms with Crippen molar-refractivity contribution in [2.45, 2.75) is 42.7 Å². The number of benzene rings is 2. The van der Waals surface area contributed by atoms with Crippen LogP contribution in [0.3, 0.4) is 0 Å². The highest BCUT2D eigenvalue weighted by molar-refractivity contribution is 7.99. The van der Waals surface area contributed by atoms with Gasteiger partial charge in [0.2, 0.25) is 0 Å². The van der Waals surface area contributed by atoms with Gasteiger partial charge in [0.05, 0.1) is 9.79 Å². The summed E-state index contributed by atoms with van der Waals surface area (Å²) in [6, 6.07) is 4.18. The van der Waals surface area contributed by atoms with Gasteiger partial charge in [0.15, 0.2) is 45.0 Å². The number of nitrogens with two attached hydrogens (primary N) is 4. The van der Waals surface area contributed by atoms with Crippen molar-refractivity contribution >= 4 is 110 Å². The van der Waals surface area contributed by atoms with E-state index in [1.165, 1.54) is 23.5 Å². The SMILES string of the molecule is Nc1nc(SCCCCSc2nc(N)c(N=Nc3cc(S(=O)(=O)O)ccc3S(=O)(=O)O)c(N)n2)nc(N)c1N=Nc1cc(S(=O)(=O)O)ccc1S(=O)(=O)O. The van der Waals surface area contributed by atoms with E-state index in [1.54, 1.807) is 0 Å². The molecule has 0 unspecified atom stereocenters. The zero-order valence-electron chi connectivity index (χ0n) is 26.7. The molecule has 0 fully saturated rings. The van der Waals surface area contributed by atoms with E-state index >= 15 is 0 Å². The molecule has 0 aliphatic carbocycles. The van der Waals surface area contributed by atoms with Crippen molar-refractivity contribution in [2.75, 3.05) is 34.4 Å². The van der Waals surface area contributed by atoms with Crippen LogP contribution in [-0.2, 0) is 40.5 Å². The summed E-state index contributed by atoms with van der Waals surface area (Å²) in [6.45, 7) is 0. The average Bonchev–Trinajstić information content (AvgIpc) is 3.03. The third-order valence-corrected chi connectivity index (χ3v) is 11.7. The fourth-order valence-electron chi connectivity index (χ4n) is 3.92. The minimum atomic E-state index is -4.88. The van der Waals surface area contributed by atoms with Gasteiger partial charge in [0, 0.05) is 11.5 Å². The predicted octanol–water partition coefficient (Wildman–Crippen LogP) is 3.08. The number of hydrogen-bond donors (Lipinski definition) is 8. The number of aromatic nitrogens is 4. The van der Waals surface area contributed by atoms with Crippen LogP contribution in [0.25, 0.3) is 0 Å². The Morgan fingerprint density at radius 2 is 0.815 bits per heavy atom. The van der Waals surface area contributed by atoms with E-state index < -0.39 is 71.4 Å². The van der Waals surface area contributed by atoms with Crippen LogP contribution in [0.4, 0.5) is 46.0 Å². The molecule has 24 nitrogen and oxygen atoms in total. The van der Waals surface area contributed by atoms with Gasteiger partial charge in [-0.2, -0.15) is 33.7 Å². The molecule has 2 heterocycles. The van der Waals surface area contributed by atoms with Gasteiger partial charge in [-0.15, -0.1) is 20.5 Å². The van der Waals surface area contributed by atoms with Gasteiger partial charge in [0.25, 0.3) is 40.5 Å². The number of thioether (sulfide) groups is 2. The number of nitrogen functional groups attached to an aromatic ring is 4.